The summed E-state index contributed by atoms with van der Waals surface area (Å²) in [6, 6.07) is 6.19. The zero-order chi connectivity index (χ0) is 16.4. The fourth-order valence-corrected chi connectivity index (χ4v) is 3.59. The molecule has 1 aromatic rings. The third kappa shape index (κ3) is 3.69. The summed E-state index contributed by atoms with van der Waals surface area (Å²) in [4.78, 5) is 16.8. The molecular weight excluding hydrogens is 288 g/mol. The van der Waals surface area contributed by atoms with Crippen molar-refractivity contribution in [2.45, 2.75) is 39.7 Å². The highest BCUT2D eigenvalue weighted by Gasteiger charge is 2.35. The zero-order valence-corrected chi connectivity index (χ0v) is 14.5. The van der Waals surface area contributed by atoms with E-state index in [0.717, 1.165) is 49.6 Å². The number of ether oxygens (including phenoxy) is 1. The SMILES string of the molecule is Cc1cccc(C)c1OC1CN(C(=O)[C@@H](C)CN2CCCC2)C1. The molecule has 2 aliphatic heterocycles. The van der Waals surface area contributed by atoms with E-state index < -0.39 is 0 Å². The summed E-state index contributed by atoms with van der Waals surface area (Å²) in [5.41, 5.74) is 2.33. The molecule has 2 aliphatic rings. The lowest BCUT2D eigenvalue weighted by atomic mass is 10.0. The van der Waals surface area contributed by atoms with Gasteiger partial charge in [-0.1, -0.05) is 25.1 Å². The van der Waals surface area contributed by atoms with Crippen molar-refractivity contribution in [3.8, 4) is 5.75 Å². The van der Waals surface area contributed by atoms with Gasteiger partial charge in [0.15, 0.2) is 0 Å². The highest BCUT2D eigenvalue weighted by molar-refractivity contribution is 5.79. The van der Waals surface area contributed by atoms with Gasteiger partial charge >= 0.3 is 0 Å². The number of aryl methyl sites for hydroxylation is 2. The molecule has 3 rings (SSSR count). The molecule has 4 nitrogen and oxygen atoms in total. The molecule has 23 heavy (non-hydrogen) atoms. The van der Waals surface area contributed by atoms with Crippen LogP contribution in [0.1, 0.15) is 30.9 Å². The van der Waals surface area contributed by atoms with E-state index in [-0.39, 0.29) is 17.9 Å². The van der Waals surface area contributed by atoms with Crippen molar-refractivity contribution >= 4 is 5.91 Å². The van der Waals surface area contributed by atoms with E-state index >= 15 is 0 Å². The van der Waals surface area contributed by atoms with Crippen LogP contribution in [0.2, 0.25) is 0 Å². The van der Waals surface area contributed by atoms with Crippen LogP contribution in [0, 0.1) is 19.8 Å². The maximum atomic E-state index is 12.5. The van der Waals surface area contributed by atoms with Crippen molar-refractivity contribution < 1.29 is 9.53 Å². The molecule has 126 valence electrons. The van der Waals surface area contributed by atoms with E-state index in [1.165, 1.54) is 12.8 Å². The fraction of sp³-hybridized carbons (Fsp3) is 0.632. The smallest absolute Gasteiger partial charge is 0.226 e. The summed E-state index contributed by atoms with van der Waals surface area (Å²) in [6.45, 7) is 10.8. The van der Waals surface area contributed by atoms with Gasteiger partial charge in [-0.15, -0.1) is 0 Å². The Morgan fingerprint density at radius 2 is 1.83 bits per heavy atom. The summed E-state index contributed by atoms with van der Waals surface area (Å²) in [7, 11) is 0. The standard InChI is InChI=1S/C19H28N2O2/c1-14-7-6-8-15(2)18(14)23-17-12-21(13-17)19(22)16(3)11-20-9-4-5-10-20/h6-8,16-17H,4-5,9-13H2,1-3H3/t16-/m0/s1. The Morgan fingerprint density at radius 3 is 2.43 bits per heavy atom. The molecule has 2 heterocycles. The molecule has 2 fully saturated rings. The molecule has 2 saturated heterocycles. The number of hydrogen-bond donors (Lipinski definition) is 0. The summed E-state index contributed by atoms with van der Waals surface area (Å²) in [5, 5.41) is 0. The molecule has 0 aromatic heterocycles. The number of rotatable bonds is 5. The van der Waals surface area contributed by atoms with Crippen LogP contribution in [0.4, 0.5) is 0 Å². The summed E-state index contributed by atoms with van der Waals surface area (Å²) in [5.74, 6) is 1.35. The predicted molar refractivity (Wildman–Crippen MR) is 91.8 cm³/mol. The van der Waals surface area contributed by atoms with Gasteiger partial charge in [0.05, 0.1) is 13.1 Å². The van der Waals surface area contributed by atoms with Crippen LogP contribution in [0.5, 0.6) is 5.75 Å². The first-order valence-electron chi connectivity index (χ1n) is 8.78. The normalized spacial score (nSPS) is 20.4. The fourth-order valence-electron chi connectivity index (χ4n) is 3.59. The second kappa shape index (κ2) is 6.91. The van der Waals surface area contributed by atoms with Gasteiger partial charge in [-0.05, 0) is 50.9 Å². The van der Waals surface area contributed by atoms with Crippen molar-refractivity contribution in [2.75, 3.05) is 32.7 Å². The van der Waals surface area contributed by atoms with Gasteiger partial charge in [-0.2, -0.15) is 0 Å². The number of para-hydroxylation sites is 1. The largest absolute Gasteiger partial charge is 0.486 e. The van der Waals surface area contributed by atoms with Gasteiger partial charge in [0.25, 0.3) is 0 Å². The summed E-state index contributed by atoms with van der Waals surface area (Å²) in [6.07, 6.45) is 2.69. The second-order valence-electron chi connectivity index (χ2n) is 7.11. The summed E-state index contributed by atoms with van der Waals surface area (Å²) < 4.78 is 6.10. The van der Waals surface area contributed by atoms with Crippen LogP contribution < -0.4 is 4.74 Å². The van der Waals surface area contributed by atoms with E-state index in [1.807, 2.05) is 11.0 Å². The van der Waals surface area contributed by atoms with Crippen LogP contribution in [-0.2, 0) is 4.79 Å². The number of hydrogen-bond acceptors (Lipinski definition) is 3. The highest BCUT2D eigenvalue weighted by atomic mass is 16.5. The minimum Gasteiger partial charge on any atom is -0.486 e. The molecule has 1 atom stereocenters. The molecule has 1 aromatic carbocycles. The van der Waals surface area contributed by atoms with Crippen LogP contribution in [0.25, 0.3) is 0 Å². The maximum absolute atomic E-state index is 12.5. The van der Waals surface area contributed by atoms with E-state index in [0.29, 0.717) is 0 Å². The van der Waals surface area contributed by atoms with Crippen molar-refractivity contribution in [1.29, 1.82) is 0 Å². The van der Waals surface area contributed by atoms with Gasteiger partial charge in [0.2, 0.25) is 5.91 Å². The van der Waals surface area contributed by atoms with Crippen LogP contribution in [0.15, 0.2) is 18.2 Å². The minimum atomic E-state index is 0.0919. The number of likely N-dealkylation sites (tertiary alicyclic amines) is 2. The van der Waals surface area contributed by atoms with Crippen molar-refractivity contribution in [3.63, 3.8) is 0 Å². The average Bonchev–Trinajstić information content (AvgIpc) is 2.97. The van der Waals surface area contributed by atoms with Gasteiger partial charge in [0.1, 0.15) is 11.9 Å². The Balaban J connectivity index is 1.47. The summed E-state index contributed by atoms with van der Waals surface area (Å²) >= 11 is 0. The number of amides is 1. The van der Waals surface area contributed by atoms with Crippen molar-refractivity contribution in [1.82, 2.24) is 9.80 Å². The molecule has 4 heteroatoms. The number of benzene rings is 1. The lowest BCUT2D eigenvalue weighted by Crippen LogP contribution is -2.58. The number of carbonyl (C=O) groups is 1. The van der Waals surface area contributed by atoms with Crippen LogP contribution >= 0.6 is 0 Å². The maximum Gasteiger partial charge on any atom is 0.226 e. The number of nitrogens with zero attached hydrogens (tertiary/aromatic N) is 2. The molecule has 0 bridgehead atoms. The molecular formula is C19H28N2O2. The minimum absolute atomic E-state index is 0.0919. The average molecular weight is 316 g/mol. The van der Waals surface area contributed by atoms with Crippen LogP contribution in [0.3, 0.4) is 0 Å². The Hall–Kier alpha value is -1.55. The molecule has 0 N–H and O–H groups in total. The first-order chi connectivity index (χ1) is 11.0. The van der Waals surface area contributed by atoms with Crippen molar-refractivity contribution in [2.24, 2.45) is 5.92 Å². The van der Waals surface area contributed by atoms with Gasteiger partial charge in [-0.3, -0.25) is 4.79 Å². The Kier molecular flexibility index (Phi) is 4.90. The van der Waals surface area contributed by atoms with E-state index in [9.17, 15) is 4.79 Å². The lowest BCUT2D eigenvalue weighted by Gasteiger charge is -2.41. The quantitative estimate of drug-likeness (QED) is 0.837. The predicted octanol–water partition coefficient (Wildman–Crippen LogP) is 2.62. The highest BCUT2D eigenvalue weighted by Crippen LogP contribution is 2.26. The van der Waals surface area contributed by atoms with Crippen molar-refractivity contribution in [3.05, 3.63) is 29.3 Å². The first-order valence-corrected chi connectivity index (χ1v) is 8.78. The molecule has 0 radical (unpaired) electrons. The topological polar surface area (TPSA) is 32.8 Å². The lowest BCUT2D eigenvalue weighted by molar-refractivity contribution is -0.144. The van der Waals surface area contributed by atoms with Gasteiger partial charge in [-0.25, -0.2) is 0 Å². The van der Waals surface area contributed by atoms with E-state index in [1.54, 1.807) is 0 Å². The Bertz CT molecular complexity index is 540. The third-order valence-electron chi connectivity index (χ3n) is 5.01. The molecule has 0 spiro atoms. The van der Waals surface area contributed by atoms with E-state index in [2.05, 4.69) is 37.8 Å². The molecule has 1 amide bonds. The second-order valence-corrected chi connectivity index (χ2v) is 7.11. The monoisotopic (exact) mass is 316 g/mol. The Morgan fingerprint density at radius 1 is 1.22 bits per heavy atom. The zero-order valence-electron chi connectivity index (χ0n) is 14.5. The first kappa shape index (κ1) is 16.3. The van der Waals surface area contributed by atoms with Gasteiger partial charge in [0, 0.05) is 12.5 Å². The van der Waals surface area contributed by atoms with E-state index in [4.69, 9.17) is 4.74 Å². The third-order valence-corrected chi connectivity index (χ3v) is 5.01. The number of carbonyl (C=O) groups excluding carboxylic acids is 1. The van der Waals surface area contributed by atoms with Gasteiger partial charge < -0.3 is 14.5 Å². The molecule has 0 saturated carbocycles. The van der Waals surface area contributed by atoms with Crippen LogP contribution in [-0.4, -0.2) is 54.5 Å². The molecule has 0 unspecified atom stereocenters. The molecule has 0 aliphatic carbocycles. The Labute approximate surface area is 139 Å².